The summed E-state index contributed by atoms with van der Waals surface area (Å²) in [5, 5.41) is 0. The fraction of sp³-hybridized carbons (Fsp3) is 0.462. The van der Waals surface area contributed by atoms with Crippen LogP contribution in [0, 0.1) is 11.2 Å². The molecule has 2 rings (SSSR count). The van der Waals surface area contributed by atoms with Gasteiger partial charge in [0.05, 0.1) is 10.5 Å². The van der Waals surface area contributed by atoms with Gasteiger partial charge in [-0.05, 0) is 30.0 Å². The standard InChI is InChI=1S/C13H15ClFNO3S/c1-13(2)5-6-16(8-13)12(17)10-4-3-9(7-11(10)15)20(14,18)19/h3-4,7H,5-6,8H2,1-2H3. The predicted octanol–water partition coefficient (Wildman–Crippen LogP) is 2.63. The van der Waals surface area contributed by atoms with E-state index in [4.69, 9.17) is 10.7 Å². The number of hydrogen-bond acceptors (Lipinski definition) is 3. The van der Waals surface area contributed by atoms with Crippen LogP contribution < -0.4 is 0 Å². The minimum absolute atomic E-state index is 0.0194. The van der Waals surface area contributed by atoms with Gasteiger partial charge in [0.25, 0.3) is 15.0 Å². The number of hydrogen-bond donors (Lipinski definition) is 0. The summed E-state index contributed by atoms with van der Waals surface area (Å²) in [4.78, 5) is 13.4. The average Bonchev–Trinajstić information content (AvgIpc) is 2.67. The third-order valence-corrected chi connectivity index (χ3v) is 4.77. The number of amides is 1. The zero-order valence-corrected chi connectivity index (χ0v) is 12.8. The molecule has 1 aliphatic rings. The van der Waals surface area contributed by atoms with E-state index in [1.165, 1.54) is 0 Å². The molecular formula is C13H15ClFNO3S. The summed E-state index contributed by atoms with van der Waals surface area (Å²) in [5.74, 6) is -1.30. The van der Waals surface area contributed by atoms with Crippen molar-refractivity contribution in [3.05, 3.63) is 29.6 Å². The molecule has 1 aromatic carbocycles. The molecule has 0 saturated carbocycles. The summed E-state index contributed by atoms with van der Waals surface area (Å²) in [7, 11) is 1.14. The minimum Gasteiger partial charge on any atom is -0.338 e. The average molecular weight is 320 g/mol. The molecule has 1 saturated heterocycles. The molecule has 0 atom stereocenters. The van der Waals surface area contributed by atoms with E-state index in [0.29, 0.717) is 13.1 Å². The van der Waals surface area contributed by atoms with Crippen LogP contribution in [0.4, 0.5) is 4.39 Å². The van der Waals surface area contributed by atoms with Gasteiger partial charge < -0.3 is 4.90 Å². The first-order valence-electron chi connectivity index (χ1n) is 6.14. The molecule has 0 N–H and O–H groups in total. The summed E-state index contributed by atoms with van der Waals surface area (Å²) < 4.78 is 36.1. The van der Waals surface area contributed by atoms with Crippen molar-refractivity contribution < 1.29 is 17.6 Å². The van der Waals surface area contributed by atoms with Crippen LogP contribution in [0.25, 0.3) is 0 Å². The molecule has 7 heteroatoms. The summed E-state index contributed by atoms with van der Waals surface area (Å²) >= 11 is 0. The van der Waals surface area contributed by atoms with Crippen LogP contribution >= 0.6 is 10.7 Å². The lowest BCUT2D eigenvalue weighted by Gasteiger charge is -2.20. The van der Waals surface area contributed by atoms with E-state index >= 15 is 0 Å². The maximum atomic E-state index is 13.9. The number of halogens is 2. The van der Waals surface area contributed by atoms with Gasteiger partial charge in [-0.2, -0.15) is 0 Å². The Kier molecular flexibility index (Phi) is 3.81. The Labute approximate surface area is 121 Å². The first-order chi connectivity index (χ1) is 9.10. The molecule has 1 heterocycles. The van der Waals surface area contributed by atoms with Crippen molar-refractivity contribution >= 4 is 25.6 Å². The largest absolute Gasteiger partial charge is 0.338 e. The Morgan fingerprint density at radius 1 is 1.40 bits per heavy atom. The smallest absolute Gasteiger partial charge is 0.261 e. The van der Waals surface area contributed by atoms with Gasteiger partial charge in [-0.15, -0.1) is 0 Å². The Morgan fingerprint density at radius 2 is 2.05 bits per heavy atom. The summed E-state index contributed by atoms with van der Waals surface area (Å²) in [6, 6.07) is 3.08. The van der Waals surface area contributed by atoms with Gasteiger partial charge in [0.2, 0.25) is 0 Å². The molecule has 0 aliphatic carbocycles. The van der Waals surface area contributed by atoms with Crippen molar-refractivity contribution in [2.45, 2.75) is 25.2 Å². The molecule has 0 aromatic heterocycles. The predicted molar refractivity (Wildman–Crippen MR) is 73.7 cm³/mol. The van der Waals surface area contributed by atoms with Crippen molar-refractivity contribution in [3.63, 3.8) is 0 Å². The third kappa shape index (κ3) is 3.12. The normalized spacial score (nSPS) is 18.3. The van der Waals surface area contributed by atoms with Gasteiger partial charge in [0.15, 0.2) is 0 Å². The van der Waals surface area contributed by atoms with Gasteiger partial charge in [0, 0.05) is 23.8 Å². The molecule has 0 unspecified atom stereocenters. The Balaban J connectivity index is 2.28. The van der Waals surface area contributed by atoms with Gasteiger partial charge in [0.1, 0.15) is 5.82 Å². The van der Waals surface area contributed by atoms with Crippen LogP contribution in [0.15, 0.2) is 23.1 Å². The number of likely N-dealkylation sites (tertiary alicyclic amines) is 1. The van der Waals surface area contributed by atoms with Gasteiger partial charge in [-0.1, -0.05) is 13.8 Å². The maximum Gasteiger partial charge on any atom is 0.261 e. The highest BCUT2D eigenvalue weighted by Gasteiger charge is 2.33. The van der Waals surface area contributed by atoms with Crippen LogP contribution in [0.1, 0.15) is 30.6 Å². The molecule has 1 aliphatic heterocycles. The van der Waals surface area contributed by atoms with Gasteiger partial charge in [-0.25, -0.2) is 12.8 Å². The zero-order valence-electron chi connectivity index (χ0n) is 11.2. The number of nitrogens with zero attached hydrogens (tertiary/aromatic N) is 1. The Morgan fingerprint density at radius 3 is 2.50 bits per heavy atom. The van der Waals surface area contributed by atoms with E-state index in [1.54, 1.807) is 4.90 Å². The highest BCUT2D eigenvalue weighted by Crippen LogP contribution is 2.30. The van der Waals surface area contributed by atoms with E-state index in [2.05, 4.69) is 0 Å². The lowest BCUT2D eigenvalue weighted by Crippen LogP contribution is -2.30. The molecule has 0 spiro atoms. The first-order valence-corrected chi connectivity index (χ1v) is 8.45. The van der Waals surface area contributed by atoms with E-state index in [-0.39, 0.29) is 15.9 Å². The fourth-order valence-electron chi connectivity index (χ4n) is 2.28. The molecule has 1 aromatic rings. The number of carbonyl (C=O) groups excluding carboxylic acids is 1. The van der Waals surface area contributed by atoms with Crippen molar-refractivity contribution in [2.75, 3.05) is 13.1 Å². The van der Waals surface area contributed by atoms with Crippen molar-refractivity contribution in [2.24, 2.45) is 5.41 Å². The minimum atomic E-state index is -4.00. The number of benzene rings is 1. The SMILES string of the molecule is CC1(C)CCN(C(=O)c2ccc(S(=O)(=O)Cl)cc2F)C1. The third-order valence-electron chi connectivity index (χ3n) is 3.42. The molecule has 0 bridgehead atoms. The molecular weight excluding hydrogens is 305 g/mol. The first kappa shape index (κ1) is 15.3. The van der Waals surface area contributed by atoms with Crippen LogP contribution in [-0.4, -0.2) is 32.3 Å². The molecule has 1 amide bonds. The lowest BCUT2D eigenvalue weighted by atomic mass is 9.93. The molecule has 110 valence electrons. The van der Waals surface area contributed by atoms with Crippen LogP contribution in [0.5, 0.6) is 0 Å². The number of carbonyl (C=O) groups is 1. The fourth-order valence-corrected chi connectivity index (χ4v) is 3.04. The second kappa shape index (κ2) is 5.00. The summed E-state index contributed by atoms with van der Waals surface area (Å²) in [5.41, 5.74) is -0.113. The summed E-state index contributed by atoms with van der Waals surface area (Å²) in [6.07, 6.45) is 0.856. The molecule has 4 nitrogen and oxygen atoms in total. The number of rotatable bonds is 2. The zero-order chi connectivity index (χ0) is 15.1. The maximum absolute atomic E-state index is 13.9. The van der Waals surface area contributed by atoms with E-state index in [0.717, 1.165) is 24.6 Å². The lowest BCUT2D eigenvalue weighted by molar-refractivity contribution is 0.0773. The summed E-state index contributed by atoms with van der Waals surface area (Å²) in [6.45, 7) is 5.21. The Bertz CT molecular complexity index is 658. The van der Waals surface area contributed by atoms with E-state index in [9.17, 15) is 17.6 Å². The topological polar surface area (TPSA) is 54.5 Å². The highest BCUT2D eigenvalue weighted by molar-refractivity contribution is 8.13. The highest BCUT2D eigenvalue weighted by atomic mass is 35.7. The molecule has 1 fully saturated rings. The Hall–Kier alpha value is -1.14. The second-order valence-corrected chi connectivity index (χ2v) is 8.29. The van der Waals surface area contributed by atoms with Crippen LogP contribution in [-0.2, 0) is 9.05 Å². The van der Waals surface area contributed by atoms with Crippen LogP contribution in [0.3, 0.4) is 0 Å². The van der Waals surface area contributed by atoms with Crippen molar-refractivity contribution in [1.29, 1.82) is 0 Å². The van der Waals surface area contributed by atoms with Crippen molar-refractivity contribution in [3.8, 4) is 0 Å². The quantitative estimate of drug-likeness (QED) is 0.787. The van der Waals surface area contributed by atoms with Crippen LogP contribution in [0.2, 0.25) is 0 Å². The van der Waals surface area contributed by atoms with E-state index in [1.807, 2.05) is 13.8 Å². The van der Waals surface area contributed by atoms with E-state index < -0.39 is 20.8 Å². The molecule has 20 heavy (non-hydrogen) atoms. The second-order valence-electron chi connectivity index (χ2n) is 5.72. The van der Waals surface area contributed by atoms with Gasteiger partial charge in [-0.3, -0.25) is 4.79 Å². The monoisotopic (exact) mass is 319 g/mol. The molecule has 0 radical (unpaired) electrons. The van der Waals surface area contributed by atoms with Crippen molar-refractivity contribution in [1.82, 2.24) is 4.90 Å². The van der Waals surface area contributed by atoms with Gasteiger partial charge >= 0.3 is 0 Å².